The van der Waals surface area contributed by atoms with Crippen LogP contribution in [-0.4, -0.2) is 6.71 Å². The van der Waals surface area contributed by atoms with Crippen LogP contribution in [0, 0.1) is 20.8 Å². The van der Waals surface area contributed by atoms with Crippen molar-refractivity contribution in [2.24, 2.45) is 0 Å². The Labute approximate surface area is 419 Å². The van der Waals surface area contributed by atoms with Gasteiger partial charge in [0.25, 0.3) is 6.71 Å². The van der Waals surface area contributed by atoms with Crippen LogP contribution >= 0.6 is 22.7 Å². The second kappa shape index (κ2) is 16.1. The molecule has 2 aliphatic heterocycles. The minimum Gasteiger partial charge on any atom is -0.311 e. The summed E-state index contributed by atoms with van der Waals surface area (Å²) >= 11 is 3.82. The van der Waals surface area contributed by atoms with Crippen LogP contribution in [-0.2, 0) is 16.2 Å². The molecule has 69 heavy (non-hydrogen) atoms. The summed E-state index contributed by atoms with van der Waals surface area (Å²) in [7, 11) is 0. The molecule has 4 heterocycles. The van der Waals surface area contributed by atoms with Crippen LogP contribution < -0.4 is 26.2 Å². The molecule has 11 rings (SSSR count). The second-order valence-electron chi connectivity index (χ2n) is 23.4. The third kappa shape index (κ3) is 7.41. The summed E-state index contributed by atoms with van der Waals surface area (Å²) in [6, 6.07) is 49.8. The summed E-state index contributed by atoms with van der Waals surface area (Å²) in [5, 5.41) is 6.39. The van der Waals surface area contributed by atoms with E-state index in [9.17, 15) is 0 Å². The fourth-order valence-electron chi connectivity index (χ4n) is 11.3. The van der Waals surface area contributed by atoms with Crippen molar-refractivity contribution < 1.29 is 0 Å². The highest BCUT2D eigenvalue weighted by atomic mass is 32.1. The molecule has 5 heteroatoms. The van der Waals surface area contributed by atoms with Crippen molar-refractivity contribution >= 4 is 99.4 Å². The van der Waals surface area contributed by atoms with Crippen LogP contribution in [0.5, 0.6) is 0 Å². The zero-order valence-electron chi connectivity index (χ0n) is 43.1. The van der Waals surface area contributed by atoms with Gasteiger partial charge >= 0.3 is 0 Å². The molecule has 0 N–H and O–H groups in total. The SMILES string of the molecule is Cc1cc(C(C)(C)C)cc(C)c1N1c2cc(C(C)C)cc3c2B(c2cc(-c4csc5ccccc45)ccc2N3c2c(C)cc(C(C)(C)C)cc2-c2ccccc2)c2c1sc1ccc(C(C)(C)C)cc21. The molecular formula is C64H65BN2S2. The Hall–Kier alpha value is -5.88. The van der Waals surface area contributed by atoms with Gasteiger partial charge in [-0.3, -0.25) is 0 Å². The van der Waals surface area contributed by atoms with Crippen molar-refractivity contribution in [3.8, 4) is 22.3 Å². The summed E-state index contributed by atoms with van der Waals surface area (Å²) in [5.74, 6) is 0.297. The number of fused-ring (bicyclic) bond motifs is 7. The first-order valence-corrected chi connectivity index (χ1v) is 26.7. The van der Waals surface area contributed by atoms with Gasteiger partial charge in [-0.1, -0.05) is 167 Å². The molecule has 346 valence electrons. The van der Waals surface area contributed by atoms with Crippen molar-refractivity contribution in [3.05, 3.63) is 172 Å². The largest absolute Gasteiger partial charge is 0.311 e. The minimum absolute atomic E-state index is 0.0123. The quantitative estimate of drug-likeness (QED) is 0.159. The summed E-state index contributed by atoms with van der Waals surface area (Å²) in [6.45, 7) is 32.9. The molecule has 7 aromatic carbocycles. The average Bonchev–Trinajstić information content (AvgIpc) is 3.90. The maximum absolute atomic E-state index is 2.71. The second-order valence-corrected chi connectivity index (χ2v) is 25.4. The van der Waals surface area contributed by atoms with Gasteiger partial charge in [0.2, 0.25) is 0 Å². The van der Waals surface area contributed by atoms with E-state index in [1.54, 1.807) is 0 Å². The first-order valence-electron chi connectivity index (χ1n) is 25.0. The summed E-state index contributed by atoms with van der Waals surface area (Å²) in [5.41, 5.74) is 24.8. The predicted molar refractivity (Wildman–Crippen MR) is 307 cm³/mol. The predicted octanol–water partition coefficient (Wildman–Crippen LogP) is 17.5. The first kappa shape index (κ1) is 45.6. The van der Waals surface area contributed by atoms with E-state index in [0.717, 1.165) is 0 Å². The van der Waals surface area contributed by atoms with Crippen LogP contribution in [0.3, 0.4) is 0 Å². The molecule has 0 radical (unpaired) electrons. The topological polar surface area (TPSA) is 6.48 Å². The van der Waals surface area contributed by atoms with E-state index in [2.05, 4.69) is 240 Å². The highest BCUT2D eigenvalue weighted by Crippen LogP contribution is 2.53. The molecule has 9 aromatic rings. The minimum atomic E-state index is -0.0340. The number of benzene rings is 7. The van der Waals surface area contributed by atoms with Gasteiger partial charge < -0.3 is 9.80 Å². The van der Waals surface area contributed by atoms with Crippen molar-refractivity contribution in [2.45, 2.75) is 119 Å². The molecule has 0 spiro atoms. The number of anilines is 6. The molecule has 0 saturated carbocycles. The Morgan fingerprint density at radius 2 is 1.09 bits per heavy atom. The summed E-state index contributed by atoms with van der Waals surface area (Å²) in [4.78, 5) is 5.40. The number of hydrogen-bond acceptors (Lipinski definition) is 4. The van der Waals surface area contributed by atoms with Crippen LogP contribution in [0.15, 0.2) is 133 Å². The lowest BCUT2D eigenvalue weighted by Crippen LogP contribution is -2.61. The Bertz CT molecular complexity index is 3510. The van der Waals surface area contributed by atoms with Gasteiger partial charge in [0, 0.05) is 43.0 Å². The van der Waals surface area contributed by atoms with Gasteiger partial charge in [-0.25, -0.2) is 0 Å². The maximum atomic E-state index is 2.71. The van der Waals surface area contributed by atoms with Gasteiger partial charge in [0.1, 0.15) is 0 Å². The van der Waals surface area contributed by atoms with E-state index >= 15 is 0 Å². The van der Waals surface area contributed by atoms with E-state index in [1.807, 2.05) is 22.7 Å². The third-order valence-electron chi connectivity index (χ3n) is 15.1. The molecular weight excluding hydrogens is 872 g/mol. The molecule has 0 atom stereocenters. The molecule has 0 fully saturated rings. The molecule has 0 amide bonds. The van der Waals surface area contributed by atoms with Gasteiger partial charge in [-0.05, 0) is 157 Å². The van der Waals surface area contributed by atoms with Crippen molar-refractivity contribution in [1.82, 2.24) is 0 Å². The Morgan fingerprint density at radius 1 is 0.478 bits per heavy atom. The van der Waals surface area contributed by atoms with E-state index in [-0.39, 0.29) is 23.0 Å². The third-order valence-corrected chi connectivity index (χ3v) is 17.2. The zero-order valence-corrected chi connectivity index (χ0v) is 44.7. The number of nitrogens with zero attached hydrogens (tertiary/aromatic N) is 2. The fourth-order valence-corrected chi connectivity index (χ4v) is 13.5. The normalized spacial score (nSPS) is 13.7. The molecule has 0 unspecified atom stereocenters. The number of hydrogen-bond donors (Lipinski definition) is 0. The van der Waals surface area contributed by atoms with E-state index in [1.165, 1.54) is 131 Å². The van der Waals surface area contributed by atoms with Crippen LogP contribution in [0.1, 0.15) is 121 Å². The summed E-state index contributed by atoms with van der Waals surface area (Å²) in [6.07, 6.45) is 0. The molecule has 0 bridgehead atoms. The van der Waals surface area contributed by atoms with E-state index < -0.39 is 0 Å². The van der Waals surface area contributed by atoms with Crippen LogP contribution in [0.25, 0.3) is 42.4 Å². The first-order chi connectivity index (χ1) is 32.7. The Balaban J connectivity index is 1.32. The highest BCUT2D eigenvalue weighted by Gasteiger charge is 2.47. The number of thiophene rings is 2. The number of aryl methyl sites for hydroxylation is 3. The van der Waals surface area contributed by atoms with Crippen LogP contribution in [0.2, 0.25) is 0 Å². The van der Waals surface area contributed by atoms with Crippen LogP contribution in [0.4, 0.5) is 33.4 Å². The lowest BCUT2D eigenvalue weighted by Gasteiger charge is -2.45. The zero-order chi connectivity index (χ0) is 48.6. The lowest BCUT2D eigenvalue weighted by molar-refractivity contribution is 0.589. The Kier molecular flexibility index (Phi) is 10.6. The maximum Gasteiger partial charge on any atom is 0.254 e. The monoisotopic (exact) mass is 936 g/mol. The molecule has 2 nitrogen and oxygen atoms in total. The number of rotatable bonds is 5. The van der Waals surface area contributed by atoms with Crippen molar-refractivity contribution in [1.29, 1.82) is 0 Å². The van der Waals surface area contributed by atoms with E-state index in [0.29, 0.717) is 5.92 Å². The molecule has 2 aromatic heterocycles. The van der Waals surface area contributed by atoms with Crippen molar-refractivity contribution in [3.63, 3.8) is 0 Å². The standard InChI is InChI=1S/C64H65BN2S2/c1-37(2)43-32-53-58-54(33-43)67(59-38(3)28-45(29-39(59)4)63(9,10)11)61-57(49-34-44(62(6,7)8)25-27-56(49)69-61)65(58)51-31-42(50-36-68-55-23-19-18-22-47(50)55)24-26-52(51)66(53)60-40(5)30-46(64(12,13)14)35-48(60)41-20-16-15-17-21-41/h15-37H,1-14H3. The van der Waals surface area contributed by atoms with Gasteiger partial charge in [-0.15, -0.1) is 22.7 Å². The fraction of sp³-hybridized carbons (Fsp3) is 0.281. The smallest absolute Gasteiger partial charge is 0.254 e. The van der Waals surface area contributed by atoms with Crippen molar-refractivity contribution in [2.75, 3.05) is 9.80 Å². The summed E-state index contributed by atoms with van der Waals surface area (Å²) < 4.78 is 2.65. The Morgan fingerprint density at radius 3 is 1.74 bits per heavy atom. The van der Waals surface area contributed by atoms with Gasteiger partial charge in [-0.2, -0.15) is 0 Å². The average molecular weight is 937 g/mol. The van der Waals surface area contributed by atoms with Gasteiger partial charge in [0.05, 0.1) is 16.4 Å². The van der Waals surface area contributed by atoms with E-state index in [4.69, 9.17) is 0 Å². The molecule has 2 aliphatic rings. The highest BCUT2D eigenvalue weighted by molar-refractivity contribution is 7.26. The molecule has 0 aliphatic carbocycles. The van der Waals surface area contributed by atoms with Gasteiger partial charge in [0.15, 0.2) is 0 Å². The molecule has 0 saturated heterocycles. The lowest BCUT2D eigenvalue weighted by atomic mass is 9.33.